The molecule has 43 heavy (non-hydrogen) atoms. The smallest absolute Gasteiger partial charge is 0.326 e. The van der Waals surface area contributed by atoms with Crippen LogP contribution in [0.3, 0.4) is 0 Å². The van der Waals surface area contributed by atoms with Crippen molar-refractivity contribution < 1.29 is 23.8 Å². The number of carboxylic acids is 1. The van der Waals surface area contributed by atoms with Crippen molar-refractivity contribution in [3.05, 3.63) is 126 Å². The third kappa shape index (κ3) is 8.01. The minimum absolute atomic E-state index is 0.175. The molecule has 2 N–H and O–H groups in total. The predicted molar refractivity (Wildman–Crippen MR) is 168 cm³/mol. The zero-order chi connectivity index (χ0) is 30.0. The number of ether oxygens (including phenoxy) is 1. The lowest BCUT2D eigenvalue weighted by atomic mass is 10.00. The first-order chi connectivity index (χ1) is 21.0. The number of rotatable bonds is 14. The third-order valence-electron chi connectivity index (χ3n) is 7.98. The maximum atomic E-state index is 14.6. The van der Waals surface area contributed by atoms with Crippen LogP contribution in [-0.4, -0.2) is 42.6 Å². The Bertz CT molecular complexity index is 1500. The lowest BCUT2D eigenvalue weighted by molar-refractivity contribution is -0.137. The van der Waals surface area contributed by atoms with E-state index >= 15 is 0 Å². The molecule has 5 rings (SSSR count). The van der Waals surface area contributed by atoms with Gasteiger partial charge >= 0.3 is 5.97 Å². The number of hydrogen-bond acceptors (Lipinski definition) is 5. The first-order valence-electron chi connectivity index (χ1n) is 14.9. The van der Waals surface area contributed by atoms with E-state index in [2.05, 4.69) is 10.2 Å². The van der Waals surface area contributed by atoms with Gasteiger partial charge in [-0.3, -0.25) is 4.79 Å². The monoisotopic (exact) mass is 580 g/mol. The minimum atomic E-state index is -1.02. The van der Waals surface area contributed by atoms with Crippen molar-refractivity contribution >= 4 is 23.1 Å². The molecule has 1 aliphatic rings. The van der Waals surface area contributed by atoms with E-state index in [0.29, 0.717) is 47.3 Å². The fraction of sp³-hybridized carbons (Fsp3) is 0.278. The molecule has 1 aliphatic carbocycles. The highest BCUT2D eigenvalue weighted by molar-refractivity contribution is 6.12. The average Bonchev–Trinajstić information content (AvgIpc) is 3.55. The number of halogens is 1. The van der Waals surface area contributed by atoms with Crippen LogP contribution in [0.1, 0.15) is 47.2 Å². The molecule has 0 spiro atoms. The van der Waals surface area contributed by atoms with Crippen LogP contribution in [0.25, 0.3) is 0 Å². The summed E-state index contributed by atoms with van der Waals surface area (Å²) in [6, 6.07) is 29.2. The second-order valence-electron chi connectivity index (χ2n) is 11.0. The number of ketones is 1. The van der Waals surface area contributed by atoms with Crippen molar-refractivity contribution in [3.8, 4) is 5.75 Å². The molecule has 7 heteroatoms. The molecule has 1 fully saturated rings. The molecule has 0 heterocycles. The van der Waals surface area contributed by atoms with Crippen LogP contribution in [0.2, 0.25) is 0 Å². The molecule has 0 amide bonds. The van der Waals surface area contributed by atoms with E-state index in [9.17, 15) is 19.1 Å². The molecule has 0 aliphatic heterocycles. The fourth-order valence-corrected chi connectivity index (χ4v) is 5.69. The van der Waals surface area contributed by atoms with E-state index < -0.39 is 12.0 Å². The van der Waals surface area contributed by atoms with Gasteiger partial charge in [-0.1, -0.05) is 79.6 Å². The van der Waals surface area contributed by atoms with Crippen molar-refractivity contribution in [1.82, 2.24) is 0 Å². The molecular weight excluding hydrogens is 543 g/mol. The summed E-state index contributed by atoms with van der Waals surface area (Å²) in [4.78, 5) is 27.4. The quantitative estimate of drug-likeness (QED) is 0.153. The molecule has 1 atom stereocenters. The Balaban J connectivity index is 1.20. The summed E-state index contributed by atoms with van der Waals surface area (Å²) >= 11 is 0. The van der Waals surface area contributed by atoms with E-state index in [1.807, 2.05) is 42.5 Å². The summed E-state index contributed by atoms with van der Waals surface area (Å²) < 4.78 is 20.6. The van der Waals surface area contributed by atoms with Crippen LogP contribution in [0.5, 0.6) is 5.75 Å². The largest absolute Gasteiger partial charge is 0.492 e. The standard InChI is InChI=1S/C36H37FN2O4/c37-31-15-7-9-17-34(31)39(25-27-10-4-5-11-27)22-23-43-29-20-18-26(19-21-29)24-33(36(41)42)38-32-16-8-6-14-30(32)35(40)28-12-2-1-3-13-28/h1-3,6-9,12-21,27,33,38H,4-5,10-11,22-25H2,(H,41,42)/t33-/m0/s1. The molecule has 4 aromatic carbocycles. The van der Waals surface area contributed by atoms with Gasteiger partial charge in [-0.15, -0.1) is 0 Å². The van der Waals surface area contributed by atoms with Gasteiger partial charge in [0.2, 0.25) is 0 Å². The summed E-state index contributed by atoms with van der Waals surface area (Å²) in [5.41, 5.74) is 2.84. The summed E-state index contributed by atoms with van der Waals surface area (Å²) in [5, 5.41) is 13.0. The number of carbonyl (C=O) groups excluding carboxylic acids is 1. The van der Waals surface area contributed by atoms with Crippen LogP contribution in [-0.2, 0) is 11.2 Å². The molecule has 6 nitrogen and oxygen atoms in total. The van der Waals surface area contributed by atoms with Gasteiger partial charge < -0.3 is 20.1 Å². The number of aliphatic carboxylic acids is 1. The van der Waals surface area contributed by atoms with Gasteiger partial charge in [0.1, 0.15) is 24.2 Å². The summed E-state index contributed by atoms with van der Waals surface area (Å²) in [7, 11) is 0. The van der Waals surface area contributed by atoms with Gasteiger partial charge in [-0.25, -0.2) is 9.18 Å². The van der Waals surface area contributed by atoms with Crippen molar-refractivity contribution in [1.29, 1.82) is 0 Å². The van der Waals surface area contributed by atoms with Gasteiger partial charge in [0, 0.05) is 29.8 Å². The number of carbonyl (C=O) groups is 2. The number of nitrogens with zero attached hydrogens (tertiary/aromatic N) is 1. The van der Waals surface area contributed by atoms with Crippen LogP contribution < -0.4 is 15.0 Å². The number of anilines is 2. The molecule has 0 aromatic heterocycles. The maximum absolute atomic E-state index is 14.6. The highest BCUT2D eigenvalue weighted by atomic mass is 19.1. The van der Waals surface area contributed by atoms with Crippen LogP contribution in [0.15, 0.2) is 103 Å². The molecule has 0 radical (unpaired) electrons. The Kier molecular flexibility index (Phi) is 10.1. The van der Waals surface area contributed by atoms with E-state index in [4.69, 9.17) is 4.74 Å². The predicted octanol–water partition coefficient (Wildman–Crippen LogP) is 7.24. The van der Waals surface area contributed by atoms with Crippen LogP contribution in [0, 0.1) is 11.7 Å². The van der Waals surface area contributed by atoms with E-state index in [0.717, 1.165) is 12.1 Å². The van der Waals surface area contributed by atoms with Crippen molar-refractivity contribution in [3.63, 3.8) is 0 Å². The molecule has 0 unspecified atom stereocenters. The molecule has 0 bridgehead atoms. The number of nitrogens with one attached hydrogen (secondary N) is 1. The molecule has 4 aromatic rings. The van der Waals surface area contributed by atoms with Gasteiger partial charge in [-0.05, 0) is 60.7 Å². The van der Waals surface area contributed by atoms with E-state index in [-0.39, 0.29) is 18.0 Å². The number of hydrogen-bond donors (Lipinski definition) is 2. The summed E-state index contributed by atoms with van der Waals surface area (Å²) in [5.74, 6) is -0.183. The number of para-hydroxylation sites is 2. The van der Waals surface area contributed by atoms with E-state index in [1.54, 1.807) is 54.6 Å². The SMILES string of the molecule is O=C(c1ccccc1)c1ccccc1N[C@@H](Cc1ccc(OCCN(CC2CCCC2)c2ccccc2F)cc1)C(=O)O. The van der Waals surface area contributed by atoms with Crippen LogP contribution >= 0.6 is 0 Å². The Hall–Kier alpha value is -4.65. The lowest BCUT2D eigenvalue weighted by Gasteiger charge is -2.28. The summed E-state index contributed by atoms with van der Waals surface area (Å²) in [6.45, 7) is 1.77. The van der Waals surface area contributed by atoms with Gasteiger partial charge in [-0.2, -0.15) is 0 Å². The second kappa shape index (κ2) is 14.5. The first-order valence-corrected chi connectivity index (χ1v) is 14.9. The minimum Gasteiger partial charge on any atom is -0.492 e. The topological polar surface area (TPSA) is 78.9 Å². The van der Waals surface area contributed by atoms with Crippen LogP contribution in [0.4, 0.5) is 15.8 Å². The zero-order valence-electron chi connectivity index (χ0n) is 24.1. The zero-order valence-corrected chi connectivity index (χ0v) is 24.1. The molecule has 0 saturated heterocycles. The highest BCUT2D eigenvalue weighted by Crippen LogP contribution is 2.29. The Morgan fingerprint density at radius 1 is 0.884 bits per heavy atom. The molecular formula is C36H37FN2O4. The molecule has 222 valence electrons. The lowest BCUT2D eigenvalue weighted by Crippen LogP contribution is -2.33. The molecule has 1 saturated carbocycles. The normalized spacial score (nSPS) is 13.8. The van der Waals surface area contributed by atoms with Crippen molar-refractivity contribution in [2.24, 2.45) is 5.92 Å². The third-order valence-corrected chi connectivity index (χ3v) is 7.98. The van der Waals surface area contributed by atoms with E-state index in [1.165, 1.54) is 31.7 Å². The van der Waals surface area contributed by atoms with Gasteiger partial charge in [0.05, 0.1) is 12.2 Å². The van der Waals surface area contributed by atoms with Crippen molar-refractivity contribution in [2.45, 2.75) is 38.1 Å². The maximum Gasteiger partial charge on any atom is 0.326 e. The summed E-state index contributed by atoms with van der Waals surface area (Å²) in [6.07, 6.45) is 5.03. The second-order valence-corrected chi connectivity index (χ2v) is 11.0. The first kappa shape index (κ1) is 29.8. The highest BCUT2D eigenvalue weighted by Gasteiger charge is 2.22. The Morgan fingerprint density at radius 2 is 1.56 bits per heavy atom. The Morgan fingerprint density at radius 3 is 2.28 bits per heavy atom. The Labute approximate surface area is 252 Å². The average molecular weight is 581 g/mol. The van der Waals surface area contributed by atoms with Gasteiger partial charge in [0.15, 0.2) is 5.78 Å². The fourth-order valence-electron chi connectivity index (χ4n) is 5.69. The van der Waals surface area contributed by atoms with Crippen molar-refractivity contribution in [2.75, 3.05) is 29.9 Å². The number of carboxylic acid groups (broad SMARTS) is 1. The number of benzene rings is 4. The van der Waals surface area contributed by atoms with Gasteiger partial charge in [0.25, 0.3) is 0 Å².